The second-order valence-corrected chi connectivity index (χ2v) is 3.56. The lowest BCUT2D eigenvalue weighted by atomic mass is 10.2. The van der Waals surface area contributed by atoms with Crippen molar-refractivity contribution in [2.24, 2.45) is 4.99 Å². The molecule has 0 atom stereocenters. The van der Waals surface area contributed by atoms with Crippen molar-refractivity contribution in [1.29, 1.82) is 0 Å². The molecule has 1 aromatic rings. The van der Waals surface area contributed by atoms with Gasteiger partial charge < -0.3 is 4.74 Å². The van der Waals surface area contributed by atoms with Crippen LogP contribution in [0.1, 0.15) is 19.4 Å². The lowest BCUT2D eigenvalue weighted by Gasteiger charge is -2.04. The molecule has 0 saturated carbocycles. The molecule has 0 unspecified atom stereocenters. The first-order chi connectivity index (χ1) is 8.19. The van der Waals surface area contributed by atoms with Crippen LogP contribution in [-0.2, 0) is 9.53 Å². The molecular weight excluding hydrogens is 234 g/mol. The number of benzene rings is 1. The van der Waals surface area contributed by atoms with Crippen LogP contribution in [0.3, 0.4) is 0 Å². The highest BCUT2D eigenvalue weighted by atomic mass is 32.1. The Bertz CT molecular complexity index is 438. The number of thiol groups is 1. The van der Waals surface area contributed by atoms with Gasteiger partial charge in [0.2, 0.25) is 0 Å². The summed E-state index contributed by atoms with van der Waals surface area (Å²) in [5.41, 5.74) is 1.86. The van der Waals surface area contributed by atoms with Gasteiger partial charge in [-0.2, -0.15) is 0 Å². The molecule has 0 bridgehead atoms. The third-order valence-electron chi connectivity index (χ3n) is 2.05. The highest BCUT2D eigenvalue weighted by molar-refractivity contribution is 7.83. The molecule has 0 amide bonds. The van der Waals surface area contributed by atoms with E-state index in [1.807, 2.05) is 30.3 Å². The van der Waals surface area contributed by atoms with Crippen molar-refractivity contribution in [3.05, 3.63) is 41.3 Å². The largest absolute Gasteiger partial charge is 0.462 e. The molecule has 0 aliphatic heterocycles. The van der Waals surface area contributed by atoms with E-state index in [1.54, 1.807) is 19.3 Å². The Morgan fingerprint density at radius 2 is 2.06 bits per heavy atom. The van der Waals surface area contributed by atoms with Crippen LogP contribution in [0.25, 0.3) is 5.70 Å². The standard InChI is InChI=1S/C13H15NO2S/c1-3-16-13(15)10(2)14-12(9-17)11-7-5-4-6-8-11/h4-9,17H,3H2,1-2H3/b12-9-,14-10?. The molecule has 0 spiro atoms. The Morgan fingerprint density at radius 1 is 1.41 bits per heavy atom. The van der Waals surface area contributed by atoms with Crippen molar-refractivity contribution in [2.75, 3.05) is 6.61 Å². The average Bonchev–Trinajstić information content (AvgIpc) is 2.37. The summed E-state index contributed by atoms with van der Waals surface area (Å²) in [7, 11) is 0. The minimum atomic E-state index is -0.406. The molecule has 3 nitrogen and oxygen atoms in total. The average molecular weight is 249 g/mol. The number of carbonyl (C=O) groups excluding carboxylic acids is 1. The van der Waals surface area contributed by atoms with E-state index < -0.39 is 5.97 Å². The monoisotopic (exact) mass is 249 g/mol. The van der Waals surface area contributed by atoms with Crippen LogP contribution in [0, 0.1) is 0 Å². The van der Waals surface area contributed by atoms with Crippen LogP contribution in [0.15, 0.2) is 40.7 Å². The minimum Gasteiger partial charge on any atom is -0.462 e. The number of hydrogen-bond acceptors (Lipinski definition) is 4. The van der Waals surface area contributed by atoms with Gasteiger partial charge in [-0.05, 0) is 19.3 Å². The van der Waals surface area contributed by atoms with Gasteiger partial charge in [-0.1, -0.05) is 30.3 Å². The third kappa shape index (κ3) is 4.07. The molecule has 90 valence electrons. The molecular formula is C13H15NO2S. The van der Waals surface area contributed by atoms with Gasteiger partial charge in [-0.15, -0.1) is 12.6 Å². The summed E-state index contributed by atoms with van der Waals surface area (Å²) in [6.07, 6.45) is 0. The molecule has 0 radical (unpaired) electrons. The smallest absolute Gasteiger partial charge is 0.352 e. The van der Waals surface area contributed by atoms with Crippen LogP contribution in [0.5, 0.6) is 0 Å². The summed E-state index contributed by atoms with van der Waals surface area (Å²) in [6.45, 7) is 3.73. The zero-order chi connectivity index (χ0) is 12.7. The zero-order valence-corrected chi connectivity index (χ0v) is 10.8. The Labute approximate surface area is 107 Å². The van der Waals surface area contributed by atoms with Gasteiger partial charge in [-0.25, -0.2) is 9.79 Å². The van der Waals surface area contributed by atoms with E-state index in [9.17, 15) is 4.79 Å². The molecule has 1 rings (SSSR count). The maximum Gasteiger partial charge on any atom is 0.352 e. The van der Waals surface area contributed by atoms with Crippen LogP contribution in [-0.4, -0.2) is 18.3 Å². The molecule has 1 aromatic carbocycles. The summed E-state index contributed by atoms with van der Waals surface area (Å²) >= 11 is 4.10. The molecule has 0 aliphatic carbocycles. The van der Waals surface area contributed by atoms with E-state index >= 15 is 0 Å². The normalized spacial score (nSPS) is 12.4. The second-order valence-electron chi connectivity index (χ2n) is 3.30. The van der Waals surface area contributed by atoms with E-state index in [0.29, 0.717) is 18.0 Å². The van der Waals surface area contributed by atoms with Crippen molar-refractivity contribution in [2.45, 2.75) is 13.8 Å². The van der Waals surface area contributed by atoms with E-state index in [4.69, 9.17) is 4.74 Å². The van der Waals surface area contributed by atoms with Crippen LogP contribution >= 0.6 is 12.6 Å². The van der Waals surface area contributed by atoms with Crippen LogP contribution < -0.4 is 0 Å². The number of nitrogens with zero attached hydrogens (tertiary/aromatic N) is 1. The maximum absolute atomic E-state index is 11.4. The van der Waals surface area contributed by atoms with Gasteiger partial charge in [0, 0.05) is 5.56 Å². The number of carbonyl (C=O) groups is 1. The van der Waals surface area contributed by atoms with Crippen LogP contribution in [0.2, 0.25) is 0 Å². The van der Waals surface area contributed by atoms with Gasteiger partial charge in [0.1, 0.15) is 5.71 Å². The highest BCUT2D eigenvalue weighted by Crippen LogP contribution is 2.16. The molecule has 0 heterocycles. The van der Waals surface area contributed by atoms with Gasteiger partial charge in [0.25, 0.3) is 0 Å². The molecule has 0 fully saturated rings. The van der Waals surface area contributed by atoms with Gasteiger partial charge in [0.15, 0.2) is 0 Å². The summed E-state index contributed by atoms with van der Waals surface area (Å²) < 4.78 is 4.86. The first-order valence-corrected chi connectivity index (χ1v) is 5.83. The third-order valence-corrected chi connectivity index (χ3v) is 2.30. The van der Waals surface area contributed by atoms with Crippen molar-refractivity contribution in [3.8, 4) is 0 Å². The van der Waals surface area contributed by atoms with Crippen molar-refractivity contribution >= 4 is 30.0 Å². The quantitative estimate of drug-likeness (QED) is 0.506. The zero-order valence-electron chi connectivity index (χ0n) is 9.88. The summed E-state index contributed by atoms with van der Waals surface area (Å²) in [6, 6.07) is 9.54. The predicted molar refractivity (Wildman–Crippen MR) is 73.1 cm³/mol. The molecule has 0 saturated heterocycles. The maximum atomic E-state index is 11.4. The predicted octanol–water partition coefficient (Wildman–Crippen LogP) is 2.94. The van der Waals surface area contributed by atoms with Gasteiger partial charge >= 0.3 is 5.97 Å². The van der Waals surface area contributed by atoms with Gasteiger partial charge in [0.05, 0.1) is 12.3 Å². The fourth-order valence-corrected chi connectivity index (χ4v) is 1.45. The molecule has 0 aromatic heterocycles. The summed E-state index contributed by atoms with van der Waals surface area (Å²) in [5.74, 6) is -0.406. The topological polar surface area (TPSA) is 38.7 Å². The van der Waals surface area contributed by atoms with Crippen molar-refractivity contribution < 1.29 is 9.53 Å². The Balaban J connectivity index is 2.92. The number of aliphatic imine (C=N–C) groups is 1. The summed E-state index contributed by atoms with van der Waals surface area (Å²) in [5, 5.41) is 1.57. The van der Waals surface area contributed by atoms with Gasteiger partial charge in [-0.3, -0.25) is 0 Å². The van der Waals surface area contributed by atoms with E-state index in [-0.39, 0.29) is 0 Å². The van der Waals surface area contributed by atoms with E-state index in [0.717, 1.165) is 5.56 Å². The first-order valence-electron chi connectivity index (χ1n) is 5.31. The Hall–Kier alpha value is -1.55. The second kappa shape index (κ2) is 6.91. The number of esters is 1. The fourth-order valence-electron chi connectivity index (χ4n) is 1.24. The first kappa shape index (κ1) is 13.5. The molecule has 0 aliphatic rings. The summed E-state index contributed by atoms with van der Waals surface area (Å²) in [4.78, 5) is 15.6. The van der Waals surface area contributed by atoms with Crippen molar-refractivity contribution in [1.82, 2.24) is 0 Å². The number of ether oxygens (including phenoxy) is 1. The fraction of sp³-hybridized carbons (Fsp3) is 0.231. The lowest BCUT2D eigenvalue weighted by Crippen LogP contribution is -2.14. The number of hydrogen-bond donors (Lipinski definition) is 1. The van der Waals surface area contributed by atoms with Crippen LogP contribution in [0.4, 0.5) is 0 Å². The molecule has 0 N–H and O–H groups in total. The SMILES string of the molecule is CCOC(=O)C(C)=N/C(=C\S)c1ccccc1. The van der Waals surface area contributed by atoms with Crippen molar-refractivity contribution in [3.63, 3.8) is 0 Å². The highest BCUT2D eigenvalue weighted by Gasteiger charge is 2.07. The van der Waals surface area contributed by atoms with E-state index in [2.05, 4.69) is 17.6 Å². The molecule has 17 heavy (non-hydrogen) atoms. The Morgan fingerprint density at radius 3 is 2.59 bits per heavy atom. The number of rotatable bonds is 4. The minimum absolute atomic E-state index is 0.316. The Kier molecular flexibility index (Phi) is 5.49. The lowest BCUT2D eigenvalue weighted by molar-refractivity contribution is -0.135. The van der Waals surface area contributed by atoms with E-state index in [1.165, 1.54) is 0 Å². The molecule has 4 heteroatoms.